The van der Waals surface area contributed by atoms with Crippen LogP contribution in [0.25, 0.3) is 5.57 Å². The minimum Gasteiger partial charge on any atom is -0.476 e. The Balaban J connectivity index is 1.76. The average Bonchev–Trinajstić information content (AvgIpc) is 3.28. The maximum atomic E-state index is 12.7. The molecule has 31 heavy (non-hydrogen) atoms. The van der Waals surface area contributed by atoms with E-state index in [0.717, 1.165) is 33.7 Å². The number of allylic oxidation sites excluding steroid dienone is 1. The molecular weight excluding hydrogens is 408 g/mol. The van der Waals surface area contributed by atoms with Crippen molar-refractivity contribution in [3.63, 3.8) is 0 Å². The molecule has 3 aromatic carbocycles. The summed E-state index contributed by atoms with van der Waals surface area (Å²) in [6.45, 7) is 0. The molecule has 0 radical (unpaired) electrons. The van der Waals surface area contributed by atoms with Crippen LogP contribution in [-0.2, 0) is 5.60 Å². The molecule has 3 aromatic rings. The molecule has 0 saturated heterocycles. The van der Waals surface area contributed by atoms with Crippen molar-refractivity contribution in [2.45, 2.75) is 17.9 Å². The zero-order valence-corrected chi connectivity index (χ0v) is 18.2. The number of halogens is 1. The van der Waals surface area contributed by atoms with E-state index >= 15 is 0 Å². The molecule has 5 rings (SSSR count). The summed E-state index contributed by atoms with van der Waals surface area (Å²) in [6.07, 6.45) is 0.663. The van der Waals surface area contributed by atoms with Crippen LogP contribution in [0, 0.1) is 0 Å². The highest BCUT2D eigenvalue weighted by atomic mass is 35.5. The van der Waals surface area contributed by atoms with Crippen molar-refractivity contribution < 1.29 is 9.53 Å². The average molecular weight is 431 g/mol. The lowest BCUT2D eigenvalue weighted by Crippen LogP contribution is -2.35. The summed E-state index contributed by atoms with van der Waals surface area (Å²) < 4.78 is 6.82. The first-order chi connectivity index (χ1) is 15.0. The van der Waals surface area contributed by atoms with Crippen LogP contribution in [0.4, 0.5) is 4.79 Å². The fourth-order valence-electron chi connectivity index (χ4n) is 4.76. The van der Waals surface area contributed by atoms with Crippen molar-refractivity contribution in [3.8, 4) is 5.75 Å². The number of hydrogen-bond acceptors (Lipinski definition) is 2. The molecule has 0 unspecified atom stereocenters. The van der Waals surface area contributed by atoms with Gasteiger partial charge in [0.15, 0.2) is 5.60 Å². The number of rotatable bonds is 3. The van der Waals surface area contributed by atoms with E-state index in [1.807, 2.05) is 60.7 Å². The molecule has 0 saturated carbocycles. The zero-order chi connectivity index (χ0) is 21.6. The van der Waals surface area contributed by atoms with Crippen LogP contribution in [0.15, 0.2) is 84.6 Å². The topological polar surface area (TPSA) is 41.6 Å². The van der Waals surface area contributed by atoms with Gasteiger partial charge in [-0.15, -0.1) is 0 Å². The smallest absolute Gasteiger partial charge is 0.321 e. The predicted octanol–water partition coefficient (Wildman–Crippen LogP) is 5.80. The summed E-state index contributed by atoms with van der Waals surface area (Å²) in [6, 6.07) is 26.1. The largest absolute Gasteiger partial charge is 0.476 e. The van der Waals surface area contributed by atoms with E-state index < -0.39 is 5.60 Å². The molecule has 1 aliphatic heterocycles. The Morgan fingerprint density at radius 1 is 1.00 bits per heavy atom. The molecule has 4 nitrogen and oxygen atoms in total. The van der Waals surface area contributed by atoms with Gasteiger partial charge in [-0.2, -0.15) is 0 Å². The van der Waals surface area contributed by atoms with Crippen LogP contribution in [0.5, 0.6) is 5.75 Å². The Bertz CT molecular complexity index is 1170. The Kier molecular flexibility index (Phi) is 4.75. The van der Waals surface area contributed by atoms with Gasteiger partial charge in [0.2, 0.25) is 0 Å². The summed E-state index contributed by atoms with van der Waals surface area (Å²) >= 11 is 6.22. The maximum Gasteiger partial charge on any atom is 0.321 e. The molecule has 2 amide bonds. The SMILES string of the molecule is CN(C)C(=O)NC1=C2c3ccccc3O[C@@]2(c2ccc(Cl)cc2)[C@H](c2ccccc2)C1. The number of nitrogens with zero attached hydrogens (tertiary/aromatic N) is 1. The van der Waals surface area contributed by atoms with Crippen LogP contribution < -0.4 is 10.1 Å². The predicted molar refractivity (Wildman–Crippen MR) is 123 cm³/mol. The third-order valence-electron chi connectivity index (χ3n) is 6.14. The van der Waals surface area contributed by atoms with Crippen molar-refractivity contribution in [3.05, 3.63) is 106 Å². The highest BCUT2D eigenvalue weighted by molar-refractivity contribution is 6.30. The number of benzene rings is 3. The summed E-state index contributed by atoms with van der Waals surface area (Å²) in [4.78, 5) is 14.2. The normalized spacial score (nSPS) is 21.3. The first-order valence-electron chi connectivity index (χ1n) is 10.3. The first-order valence-corrected chi connectivity index (χ1v) is 10.7. The number of nitrogens with one attached hydrogen (secondary N) is 1. The van der Waals surface area contributed by atoms with Gasteiger partial charge in [-0.1, -0.05) is 72.3 Å². The van der Waals surface area contributed by atoms with Crippen molar-refractivity contribution >= 4 is 23.2 Å². The molecule has 5 heteroatoms. The quantitative estimate of drug-likeness (QED) is 0.570. The van der Waals surface area contributed by atoms with Crippen molar-refractivity contribution in [2.24, 2.45) is 0 Å². The van der Waals surface area contributed by atoms with Crippen LogP contribution >= 0.6 is 11.6 Å². The molecular formula is C26H23ClN2O2. The van der Waals surface area contributed by atoms with Crippen LogP contribution in [0.1, 0.15) is 29.0 Å². The highest BCUT2D eigenvalue weighted by Crippen LogP contribution is 2.63. The Labute approximate surface area is 187 Å². The third-order valence-corrected chi connectivity index (χ3v) is 6.39. The van der Waals surface area contributed by atoms with E-state index in [-0.39, 0.29) is 11.9 Å². The number of fused-ring (bicyclic) bond motifs is 3. The molecule has 156 valence electrons. The summed E-state index contributed by atoms with van der Waals surface area (Å²) in [5.41, 5.74) is 4.37. The van der Waals surface area contributed by atoms with Gasteiger partial charge in [0.05, 0.1) is 0 Å². The van der Waals surface area contributed by atoms with E-state index in [1.54, 1.807) is 19.0 Å². The van der Waals surface area contributed by atoms with Gasteiger partial charge in [0.1, 0.15) is 5.75 Å². The number of urea groups is 1. The first kappa shape index (κ1) is 19.7. The van der Waals surface area contributed by atoms with E-state index in [9.17, 15) is 4.79 Å². The van der Waals surface area contributed by atoms with E-state index in [0.29, 0.717) is 11.4 Å². The minimum atomic E-state index is -0.745. The molecule has 1 N–H and O–H groups in total. The highest BCUT2D eigenvalue weighted by Gasteiger charge is 2.57. The summed E-state index contributed by atoms with van der Waals surface area (Å²) in [5.74, 6) is 0.819. The summed E-state index contributed by atoms with van der Waals surface area (Å²) in [7, 11) is 3.49. The molecule has 0 fully saturated rings. The number of para-hydroxylation sites is 1. The Morgan fingerprint density at radius 2 is 1.68 bits per heavy atom. The van der Waals surface area contributed by atoms with Gasteiger partial charge in [0, 0.05) is 47.4 Å². The number of amides is 2. The Morgan fingerprint density at radius 3 is 2.39 bits per heavy atom. The number of hydrogen-bond donors (Lipinski definition) is 1. The van der Waals surface area contributed by atoms with E-state index in [2.05, 4.69) is 23.5 Å². The molecule has 2 atom stereocenters. The number of carbonyl (C=O) groups excluding carboxylic acids is 1. The molecule has 1 aliphatic carbocycles. The van der Waals surface area contributed by atoms with Gasteiger partial charge in [-0.05, 0) is 30.2 Å². The number of carbonyl (C=O) groups is 1. The standard InChI is InChI=1S/C26H23ClN2O2/c1-29(2)25(30)28-22-16-21(17-8-4-3-5-9-17)26(18-12-14-19(27)15-13-18)24(22)20-10-6-7-11-23(20)31-26/h3-15,21H,16H2,1-2H3,(H,28,30)/t21-,26-/m0/s1. The van der Waals surface area contributed by atoms with Gasteiger partial charge < -0.3 is 15.0 Å². The summed E-state index contributed by atoms with van der Waals surface area (Å²) in [5, 5.41) is 3.83. The third kappa shape index (κ3) is 3.10. The molecule has 0 bridgehead atoms. The van der Waals surface area contributed by atoms with E-state index in [1.165, 1.54) is 0 Å². The van der Waals surface area contributed by atoms with Crippen LogP contribution in [0.3, 0.4) is 0 Å². The second-order valence-corrected chi connectivity index (χ2v) is 8.62. The lowest BCUT2D eigenvalue weighted by molar-refractivity contribution is 0.121. The second-order valence-electron chi connectivity index (χ2n) is 8.19. The molecule has 2 aliphatic rings. The van der Waals surface area contributed by atoms with Crippen molar-refractivity contribution in [2.75, 3.05) is 14.1 Å². The fourth-order valence-corrected chi connectivity index (χ4v) is 4.89. The van der Waals surface area contributed by atoms with Crippen LogP contribution in [-0.4, -0.2) is 25.0 Å². The fraction of sp³-hybridized carbons (Fsp3) is 0.192. The monoisotopic (exact) mass is 430 g/mol. The minimum absolute atomic E-state index is 0.00487. The number of ether oxygens (including phenoxy) is 1. The maximum absolute atomic E-state index is 12.7. The zero-order valence-electron chi connectivity index (χ0n) is 17.4. The Hall–Kier alpha value is -3.24. The second kappa shape index (κ2) is 7.47. The van der Waals surface area contributed by atoms with Gasteiger partial charge in [0.25, 0.3) is 0 Å². The van der Waals surface area contributed by atoms with Gasteiger partial charge >= 0.3 is 6.03 Å². The van der Waals surface area contributed by atoms with E-state index in [4.69, 9.17) is 16.3 Å². The molecule has 1 heterocycles. The molecule has 0 spiro atoms. The molecule has 0 aromatic heterocycles. The lowest BCUT2D eigenvalue weighted by Gasteiger charge is -2.34. The van der Waals surface area contributed by atoms with Crippen LogP contribution in [0.2, 0.25) is 5.02 Å². The van der Waals surface area contributed by atoms with Crippen molar-refractivity contribution in [1.82, 2.24) is 10.2 Å². The van der Waals surface area contributed by atoms with Gasteiger partial charge in [-0.25, -0.2) is 4.79 Å². The lowest BCUT2D eigenvalue weighted by atomic mass is 9.76. The van der Waals surface area contributed by atoms with Crippen molar-refractivity contribution in [1.29, 1.82) is 0 Å². The van der Waals surface area contributed by atoms with Gasteiger partial charge in [-0.3, -0.25) is 0 Å².